The van der Waals surface area contributed by atoms with Gasteiger partial charge in [0, 0.05) is 31.6 Å². The summed E-state index contributed by atoms with van der Waals surface area (Å²) in [5, 5.41) is 10.9. The van der Waals surface area contributed by atoms with Crippen LogP contribution in [0.1, 0.15) is 17.5 Å². The minimum absolute atomic E-state index is 0.0186. The third-order valence-corrected chi connectivity index (χ3v) is 3.76. The molecule has 2 aromatic rings. The monoisotopic (exact) mass is 342 g/mol. The molecular formula is C19H19FN2O3. The van der Waals surface area contributed by atoms with Crippen LogP contribution in [-0.2, 0) is 17.8 Å². The highest BCUT2D eigenvalue weighted by Crippen LogP contribution is 2.16. The maximum atomic E-state index is 13.7. The number of halogens is 1. The maximum absolute atomic E-state index is 13.7. The quantitative estimate of drug-likeness (QED) is 0.415. The molecule has 0 N–H and O–H groups in total. The molecule has 0 heterocycles. The van der Waals surface area contributed by atoms with E-state index in [1.165, 1.54) is 18.2 Å². The Labute approximate surface area is 145 Å². The van der Waals surface area contributed by atoms with Crippen LogP contribution in [0.3, 0.4) is 0 Å². The van der Waals surface area contributed by atoms with E-state index in [0.29, 0.717) is 24.1 Å². The zero-order valence-corrected chi connectivity index (χ0v) is 13.7. The normalized spacial score (nSPS) is 10.3. The summed E-state index contributed by atoms with van der Waals surface area (Å²) in [5.74, 6) is -0.487. The van der Waals surface area contributed by atoms with Crippen molar-refractivity contribution in [3.63, 3.8) is 0 Å². The Hall–Kier alpha value is -3.02. The van der Waals surface area contributed by atoms with Crippen LogP contribution in [0.5, 0.6) is 0 Å². The molecule has 0 aliphatic carbocycles. The van der Waals surface area contributed by atoms with E-state index >= 15 is 0 Å². The molecule has 0 aromatic heterocycles. The van der Waals surface area contributed by atoms with Gasteiger partial charge in [-0.05, 0) is 23.6 Å². The summed E-state index contributed by atoms with van der Waals surface area (Å²) < 4.78 is 13.7. The van der Waals surface area contributed by atoms with Gasteiger partial charge in [-0.2, -0.15) is 0 Å². The highest BCUT2D eigenvalue weighted by atomic mass is 19.1. The molecule has 0 saturated heterocycles. The van der Waals surface area contributed by atoms with E-state index in [0.717, 1.165) is 0 Å². The van der Waals surface area contributed by atoms with E-state index in [2.05, 4.69) is 6.58 Å². The number of amides is 1. The molecule has 6 heteroatoms. The molecule has 0 bridgehead atoms. The van der Waals surface area contributed by atoms with Crippen LogP contribution >= 0.6 is 0 Å². The van der Waals surface area contributed by atoms with Crippen LogP contribution < -0.4 is 0 Å². The second-order valence-electron chi connectivity index (χ2n) is 5.58. The first-order valence-electron chi connectivity index (χ1n) is 7.86. The molecule has 2 aromatic carbocycles. The van der Waals surface area contributed by atoms with E-state index in [1.807, 2.05) is 0 Å². The molecule has 0 saturated carbocycles. The van der Waals surface area contributed by atoms with Gasteiger partial charge in [-0.3, -0.25) is 14.9 Å². The van der Waals surface area contributed by atoms with Gasteiger partial charge in [0.1, 0.15) is 5.82 Å². The van der Waals surface area contributed by atoms with Crippen molar-refractivity contribution in [2.75, 3.05) is 6.54 Å². The Bertz CT molecular complexity index is 777. The molecule has 5 nitrogen and oxygen atoms in total. The standard InChI is InChI=1S/C19H19FN2O3/c1-2-12-21(14-15-6-5-8-17(13-15)22(24)25)19(23)11-10-16-7-3-4-9-18(16)20/h2-9,13H,1,10-12,14H2. The lowest BCUT2D eigenvalue weighted by Crippen LogP contribution is -2.31. The lowest BCUT2D eigenvalue weighted by Gasteiger charge is -2.21. The molecule has 0 atom stereocenters. The maximum Gasteiger partial charge on any atom is 0.269 e. The Kier molecular flexibility index (Phi) is 6.39. The molecular weight excluding hydrogens is 323 g/mol. The Morgan fingerprint density at radius 1 is 1.24 bits per heavy atom. The third-order valence-electron chi connectivity index (χ3n) is 3.76. The van der Waals surface area contributed by atoms with Crippen molar-refractivity contribution in [3.8, 4) is 0 Å². The minimum atomic E-state index is -0.471. The molecule has 25 heavy (non-hydrogen) atoms. The van der Waals surface area contributed by atoms with E-state index in [9.17, 15) is 19.3 Å². The Morgan fingerprint density at radius 2 is 2.00 bits per heavy atom. The second kappa shape index (κ2) is 8.73. The summed E-state index contributed by atoms with van der Waals surface area (Å²) in [6.45, 7) is 4.20. The number of carbonyl (C=O) groups is 1. The average Bonchev–Trinajstić information content (AvgIpc) is 2.60. The summed E-state index contributed by atoms with van der Waals surface area (Å²) in [7, 11) is 0. The van der Waals surface area contributed by atoms with E-state index < -0.39 is 4.92 Å². The summed E-state index contributed by atoms with van der Waals surface area (Å²) in [4.78, 5) is 24.4. The number of carbonyl (C=O) groups excluding carboxylic acids is 1. The van der Waals surface area contributed by atoms with Crippen LogP contribution in [0.4, 0.5) is 10.1 Å². The minimum Gasteiger partial charge on any atom is -0.335 e. The number of non-ortho nitro benzene ring substituents is 1. The zero-order valence-electron chi connectivity index (χ0n) is 13.7. The predicted octanol–water partition coefficient (Wildman–Crippen LogP) is 3.88. The fourth-order valence-electron chi connectivity index (χ4n) is 2.50. The first-order valence-corrected chi connectivity index (χ1v) is 7.86. The summed E-state index contributed by atoms with van der Waals surface area (Å²) in [5.41, 5.74) is 1.13. The van der Waals surface area contributed by atoms with Crippen LogP contribution in [0.2, 0.25) is 0 Å². The smallest absolute Gasteiger partial charge is 0.269 e. The lowest BCUT2D eigenvalue weighted by atomic mass is 10.1. The van der Waals surface area contributed by atoms with Gasteiger partial charge >= 0.3 is 0 Å². The molecule has 0 fully saturated rings. The molecule has 130 valence electrons. The van der Waals surface area contributed by atoms with Crippen molar-refractivity contribution < 1.29 is 14.1 Å². The summed E-state index contributed by atoms with van der Waals surface area (Å²) in [6.07, 6.45) is 2.05. The largest absolute Gasteiger partial charge is 0.335 e. The third kappa shape index (κ3) is 5.24. The van der Waals surface area contributed by atoms with Gasteiger partial charge in [-0.25, -0.2) is 4.39 Å². The van der Waals surface area contributed by atoms with Crippen molar-refractivity contribution in [2.45, 2.75) is 19.4 Å². The van der Waals surface area contributed by atoms with Crippen LogP contribution in [0.15, 0.2) is 61.2 Å². The lowest BCUT2D eigenvalue weighted by molar-refractivity contribution is -0.384. The van der Waals surface area contributed by atoms with Gasteiger partial charge in [-0.1, -0.05) is 36.4 Å². The van der Waals surface area contributed by atoms with Crippen LogP contribution in [-0.4, -0.2) is 22.3 Å². The number of nitro benzene ring substituents is 1. The summed E-state index contributed by atoms with van der Waals surface area (Å²) >= 11 is 0. The number of nitro groups is 1. The van der Waals surface area contributed by atoms with Gasteiger partial charge in [0.25, 0.3) is 5.69 Å². The number of rotatable bonds is 8. The predicted molar refractivity (Wildman–Crippen MR) is 93.4 cm³/mol. The zero-order chi connectivity index (χ0) is 18.2. The van der Waals surface area contributed by atoms with Gasteiger partial charge in [0.2, 0.25) is 5.91 Å². The molecule has 2 rings (SSSR count). The molecule has 0 spiro atoms. The average molecular weight is 342 g/mol. The van der Waals surface area contributed by atoms with E-state index in [-0.39, 0.29) is 30.4 Å². The highest BCUT2D eigenvalue weighted by molar-refractivity contribution is 5.76. The number of benzene rings is 2. The summed E-state index contributed by atoms with van der Waals surface area (Å²) in [6, 6.07) is 12.5. The molecule has 0 unspecified atom stereocenters. The van der Waals surface area contributed by atoms with Gasteiger partial charge in [0.05, 0.1) is 4.92 Å². The van der Waals surface area contributed by atoms with Crippen molar-refractivity contribution >= 4 is 11.6 Å². The Morgan fingerprint density at radius 3 is 2.68 bits per heavy atom. The van der Waals surface area contributed by atoms with Gasteiger partial charge in [-0.15, -0.1) is 6.58 Å². The topological polar surface area (TPSA) is 63.4 Å². The Balaban J connectivity index is 2.05. The first kappa shape index (κ1) is 18.3. The van der Waals surface area contributed by atoms with E-state index in [1.54, 1.807) is 41.3 Å². The number of nitrogens with zero attached hydrogens (tertiary/aromatic N) is 2. The van der Waals surface area contributed by atoms with Crippen LogP contribution in [0.25, 0.3) is 0 Å². The molecule has 0 radical (unpaired) electrons. The first-order chi connectivity index (χ1) is 12.0. The number of hydrogen-bond acceptors (Lipinski definition) is 3. The van der Waals surface area contributed by atoms with Crippen LogP contribution in [0, 0.1) is 15.9 Å². The van der Waals surface area contributed by atoms with Crippen molar-refractivity contribution in [1.82, 2.24) is 4.90 Å². The fraction of sp³-hybridized carbons (Fsp3) is 0.211. The van der Waals surface area contributed by atoms with E-state index in [4.69, 9.17) is 0 Å². The van der Waals surface area contributed by atoms with Gasteiger partial charge in [0.15, 0.2) is 0 Å². The molecule has 0 aliphatic rings. The number of aryl methyl sites for hydroxylation is 1. The van der Waals surface area contributed by atoms with Crippen molar-refractivity contribution in [1.29, 1.82) is 0 Å². The SMILES string of the molecule is C=CCN(Cc1cccc([N+](=O)[O-])c1)C(=O)CCc1ccccc1F. The number of hydrogen-bond donors (Lipinski definition) is 0. The highest BCUT2D eigenvalue weighted by Gasteiger charge is 2.15. The molecule has 0 aliphatic heterocycles. The van der Waals surface area contributed by atoms with Crippen molar-refractivity contribution in [3.05, 3.63) is 88.2 Å². The second-order valence-corrected chi connectivity index (χ2v) is 5.58. The fourth-order valence-corrected chi connectivity index (χ4v) is 2.50. The molecule has 1 amide bonds. The van der Waals surface area contributed by atoms with Crippen molar-refractivity contribution in [2.24, 2.45) is 0 Å². The van der Waals surface area contributed by atoms with Gasteiger partial charge < -0.3 is 4.90 Å².